The number of carbonyl (C=O) groups is 1. The number of aromatic nitrogens is 1. The zero-order valence-electron chi connectivity index (χ0n) is 12.4. The van der Waals surface area contributed by atoms with Gasteiger partial charge < -0.3 is 10.1 Å². The Labute approximate surface area is 124 Å². The first-order chi connectivity index (χ1) is 10.1. The molecule has 1 aromatic heterocycles. The first-order valence-electron chi connectivity index (χ1n) is 6.65. The maximum Gasteiger partial charge on any atom is 0.249 e. The van der Waals surface area contributed by atoms with Gasteiger partial charge in [-0.05, 0) is 55.3 Å². The minimum absolute atomic E-state index is 0.205. The van der Waals surface area contributed by atoms with Crippen molar-refractivity contribution >= 4 is 17.8 Å². The third kappa shape index (κ3) is 4.45. The zero-order valence-corrected chi connectivity index (χ0v) is 12.4. The van der Waals surface area contributed by atoms with E-state index in [1.54, 1.807) is 13.2 Å². The van der Waals surface area contributed by atoms with Crippen LogP contribution in [0, 0.1) is 13.8 Å². The van der Waals surface area contributed by atoms with Gasteiger partial charge in [-0.2, -0.15) is 0 Å². The van der Waals surface area contributed by atoms with Crippen LogP contribution in [0.15, 0.2) is 42.5 Å². The van der Waals surface area contributed by atoms with Gasteiger partial charge >= 0.3 is 0 Å². The number of anilines is 1. The van der Waals surface area contributed by atoms with Crippen LogP contribution < -0.4 is 10.1 Å². The summed E-state index contributed by atoms with van der Waals surface area (Å²) in [5.74, 6) is 1.15. The quantitative estimate of drug-likeness (QED) is 0.875. The molecule has 4 heteroatoms. The van der Waals surface area contributed by atoms with E-state index in [2.05, 4.69) is 10.3 Å². The summed E-state index contributed by atoms with van der Waals surface area (Å²) in [4.78, 5) is 16.1. The lowest BCUT2D eigenvalue weighted by molar-refractivity contribution is -0.111. The summed E-state index contributed by atoms with van der Waals surface area (Å²) in [7, 11) is 1.62. The number of benzene rings is 1. The van der Waals surface area contributed by atoms with Crippen LogP contribution in [0.4, 0.5) is 5.82 Å². The summed E-state index contributed by atoms with van der Waals surface area (Å²) < 4.78 is 5.08. The second-order valence-corrected chi connectivity index (χ2v) is 4.77. The summed E-state index contributed by atoms with van der Waals surface area (Å²) in [6.45, 7) is 3.87. The number of pyridine rings is 1. The van der Waals surface area contributed by atoms with E-state index in [1.807, 2.05) is 50.2 Å². The molecule has 4 nitrogen and oxygen atoms in total. The minimum atomic E-state index is -0.205. The van der Waals surface area contributed by atoms with Gasteiger partial charge in [0.05, 0.1) is 7.11 Å². The predicted molar refractivity (Wildman–Crippen MR) is 84.4 cm³/mol. The van der Waals surface area contributed by atoms with Gasteiger partial charge in [-0.25, -0.2) is 4.98 Å². The van der Waals surface area contributed by atoms with Crippen LogP contribution in [-0.4, -0.2) is 18.0 Å². The van der Waals surface area contributed by atoms with Crippen molar-refractivity contribution in [2.45, 2.75) is 13.8 Å². The normalized spacial score (nSPS) is 10.6. The molecule has 2 rings (SSSR count). The molecule has 1 amide bonds. The molecule has 21 heavy (non-hydrogen) atoms. The van der Waals surface area contributed by atoms with E-state index in [0.29, 0.717) is 5.82 Å². The topological polar surface area (TPSA) is 51.2 Å². The van der Waals surface area contributed by atoms with Gasteiger partial charge in [0.2, 0.25) is 5.91 Å². The first kappa shape index (κ1) is 14.8. The summed E-state index contributed by atoms with van der Waals surface area (Å²) >= 11 is 0. The molecule has 0 unspecified atom stereocenters. The van der Waals surface area contributed by atoms with E-state index in [0.717, 1.165) is 22.6 Å². The Morgan fingerprint density at radius 2 is 1.90 bits per heavy atom. The van der Waals surface area contributed by atoms with Gasteiger partial charge in [-0.3, -0.25) is 4.79 Å². The molecule has 2 aromatic rings. The standard InChI is InChI=1S/C17H18N2O2/c1-12-10-13(2)18-16(11-12)19-17(20)9-6-14-4-7-15(21-3)8-5-14/h4-11H,1-3H3,(H,18,19,20). The summed E-state index contributed by atoms with van der Waals surface area (Å²) in [6, 6.07) is 11.3. The van der Waals surface area contributed by atoms with Crippen molar-refractivity contribution in [1.29, 1.82) is 0 Å². The minimum Gasteiger partial charge on any atom is -0.497 e. The number of carbonyl (C=O) groups excluding carboxylic acids is 1. The lowest BCUT2D eigenvalue weighted by atomic mass is 10.2. The van der Waals surface area contributed by atoms with Crippen LogP contribution in [-0.2, 0) is 4.79 Å². The number of aryl methyl sites for hydroxylation is 2. The Bertz CT molecular complexity index is 641. The highest BCUT2D eigenvalue weighted by molar-refractivity contribution is 6.01. The maximum atomic E-state index is 11.9. The number of hydrogen-bond donors (Lipinski definition) is 1. The first-order valence-corrected chi connectivity index (χ1v) is 6.65. The van der Waals surface area contributed by atoms with E-state index in [9.17, 15) is 4.79 Å². The van der Waals surface area contributed by atoms with Gasteiger partial charge in [0.25, 0.3) is 0 Å². The monoisotopic (exact) mass is 282 g/mol. The summed E-state index contributed by atoms with van der Waals surface area (Å²) in [5.41, 5.74) is 2.88. The van der Waals surface area contributed by atoms with Crippen LogP contribution in [0.1, 0.15) is 16.8 Å². The van der Waals surface area contributed by atoms with Crippen molar-refractivity contribution in [3.63, 3.8) is 0 Å². The Morgan fingerprint density at radius 1 is 1.19 bits per heavy atom. The Morgan fingerprint density at radius 3 is 2.52 bits per heavy atom. The number of rotatable bonds is 4. The molecular formula is C17H18N2O2. The number of nitrogens with zero attached hydrogens (tertiary/aromatic N) is 1. The lowest BCUT2D eigenvalue weighted by Crippen LogP contribution is -2.09. The number of ether oxygens (including phenoxy) is 1. The van der Waals surface area contributed by atoms with Crippen LogP contribution in [0.3, 0.4) is 0 Å². The van der Waals surface area contributed by atoms with Gasteiger partial charge in [0.15, 0.2) is 0 Å². The average Bonchev–Trinajstić information content (AvgIpc) is 2.44. The highest BCUT2D eigenvalue weighted by Gasteiger charge is 2.01. The van der Waals surface area contributed by atoms with Crippen molar-refractivity contribution in [3.8, 4) is 5.75 Å². The molecule has 0 fully saturated rings. The van der Waals surface area contributed by atoms with E-state index < -0.39 is 0 Å². The fourth-order valence-corrected chi connectivity index (χ4v) is 1.96. The largest absolute Gasteiger partial charge is 0.497 e. The summed E-state index contributed by atoms with van der Waals surface area (Å²) in [6.07, 6.45) is 3.23. The molecule has 0 saturated heterocycles. The molecule has 0 radical (unpaired) electrons. The summed E-state index contributed by atoms with van der Waals surface area (Å²) in [5, 5.41) is 2.75. The fraction of sp³-hybridized carbons (Fsp3) is 0.176. The highest BCUT2D eigenvalue weighted by atomic mass is 16.5. The third-order valence-electron chi connectivity index (χ3n) is 2.89. The Balaban J connectivity index is 2.01. The number of hydrogen-bond acceptors (Lipinski definition) is 3. The molecule has 1 heterocycles. The maximum absolute atomic E-state index is 11.9. The van der Waals surface area contributed by atoms with Gasteiger partial charge in [-0.1, -0.05) is 12.1 Å². The molecule has 0 atom stereocenters. The van der Waals surface area contributed by atoms with Crippen LogP contribution >= 0.6 is 0 Å². The Kier molecular flexibility index (Phi) is 4.72. The van der Waals surface area contributed by atoms with Gasteiger partial charge in [0.1, 0.15) is 11.6 Å². The average molecular weight is 282 g/mol. The Hall–Kier alpha value is -2.62. The van der Waals surface area contributed by atoms with Crippen LogP contribution in [0.2, 0.25) is 0 Å². The third-order valence-corrected chi connectivity index (χ3v) is 2.89. The predicted octanol–water partition coefficient (Wildman–Crippen LogP) is 3.36. The lowest BCUT2D eigenvalue weighted by Gasteiger charge is -2.04. The number of amides is 1. The van der Waals surface area contributed by atoms with Crippen LogP contribution in [0.5, 0.6) is 5.75 Å². The smallest absolute Gasteiger partial charge is 0.249 e. The molecule has 1 N–H and O–H groups in total. The molecule has 1 aromatic carbocycles. The van der Waals surface area contributed by atoms with Crippen LogP contribution in [0.25, 0.3) is 6.08 Å². The molecule has 108 valence electrons. The van der Waals surface area contributed by atoms with E-state index in [1.165, 1.54) is 6.08 Å². The van der Waals surface area contributed by atoms with Crippen molar-refractivity contribution in [3.05, 3.63) is 59.3 Å². The number of methoxy groups -OCH3 is 1. The van der Waals surface area contributed by atoms with Crippen molar-refractivity contribution in [2.75, 3.05) is 12.4 Å². The van der Waals surface area contributed by atoms with E-state index in [4.69, 9.17) is 4.74 Å². The molecule has 0 saturated carbocycles. The molecule has 0 aliphatic rings. The van der Waals surface area contributed by atoms with Crippen molar-refractivity contribution in [1.82, 2.24) is 4.98 Å². The molecular weight excluding hydrogens is 264 g/mol. The molecule has 0 spiro atoms. The number of nitrogens with one attached hydrogen (secondary N) is 1. The van der Waals surface area contributed by atoms with Gasteiger partial charge in [0, 0.05) is 11.8 Å². The van der Waals surface area contributed by atoms with Gasteiger partial charge in [-0.15, -0.1) is 0 Å². The SMILES string of the molecule is COc1ccc(C=CC(=O)Nc2cc(C)cc(C)n2)cc1. The van der Waals surface area contributed by atoms with E-state index >= 15 is 0 Å². The fourth-order valence-electron chi connectivity index (χ4n) is 1.96. The zero-order chi connectivity index (χ0) is 15.2. The second kappa shape index (κ2) is 6.70. The molecule has 0 bridgehead atoms. The van der Waals surface area contributed by atoms with Crippen molar-refractivity contribution in [2.24, 2.45) is 0 Å². The highest BCUT2D eigenvalue weighted by Crippen LogP contribution is 2.13. The van der Waals surface area contributed by atoms with Crippen molar-refractivity contribution < 1.29 is 9.53 Å². The molecule has 0 aliphatic heterocycles. The second-order valence-electron chi connectivity index (χ2n) is 4.77. The molecule has 0 aliphatic carbocycles. The van der Waals surface area contributed by atoms with E-state index in [-0.39, 0.29) is 5.91 Å².